The van der Waals surface area contributed by atoms with Crippen LogP contribution in [-0.4, -0.2) is 22.4 Å². The van der Waals surface area contributed by atoms with Gasteiger partial charge in [-0.15, -0.1) is 0 Å². The molecule has 1 aliphatic carbocycles. The zero-order valence-electron chi connectivity index (χ0n) is 13.4. The fourth-order valence-electron chi connectivity index (χ4n) is 3.23. The van der Waals surface area contributed by atoms with Gasteiger partial charge >= 0.3 is 0 Å². The number of nitrogens with zero attached hydrogens (tertiary/aromatic N) is 2. The van der Waals surface area contributed by atoms with Gasteiger partial charge in [-0.25, -0.2) is 0 Å². The normalized spacial score (nSPS) is 15.2. The Labute approximate surface area is 139 Å². The van der Waals surface area contributed by atoms with Crippen molar-refractivity contribution in [2.45, 2.75) is 24.9 Å². The molecule has 0 saturated carbocycles. The van der Waals surface area contributed by atoms with Gasteiger partial charge in [0.05, 0.1) is 7.11 Å². The van der Waals surface area contributed by atoms with Crippen LogP contribution in [-0.2, 0) is 24.9 Å². The van der Waals surface area contributed by atoms with Crippen molar-refractivity contribution in [3.8, 4) is 5.75 Å². The minimum absolute atomic E-state index is 0.289. The maximum absolute atomic E-state index is 10.9. The third kappa shape index (κ3) is 2.67. The molecule has 1 aromatic heterocycles. The van der Waals surface area contributed by atoms with E-state index in [1.807, 2.05) is 48.5 Å². The SMILES string of the molecule is COc1cccc(Cc2noc(C3(O)Cc4ccccc4C3)n2)c1. The van der Waals surface area contributed by atoms with E-state index in [9.17, 15) is 5.11 Å². The Morgan fingerprint density at radius 3 is 2.58 bits per heavy atom. The van der Waals surface area contributed by atoms with Crippen LogP contribution in [0.4, 0.5) is 0 Å². The molecule has 5 nitrogen and oxygen atoms in total. The fraction of sp³-hybridized carbons (Fsp3) is 0.263. The van der Waals surface area contributed by atoms with E-state index < -0.39 is 5.60 Å². The molecule has 122 valence electrons. The van der Waals surface area contributed by atoms with Crippen LogP contribution in [0.5, 0.6) is 5.75 Å². The first-order valence-corrected chi connectivity index (χ1v) is 7.91. The van der Waals surface area contributed by atoms with Crippen LogP contribution in [0.1, 0.15) is 28.4 Å². The molecule has 0 spiro atoms. The highest BCUT2D eigenvalue weighted by Gasteiger charge is 2.41. The third-order valence-electron chi connectivity index (χ3n) is 4.45. The molecule has 1 aliphatic rings. The maximum Gasteiger partial charge on any atom is 0.259 e. The molecule has 3 aromatic rings. The highest BCUT2D eigenvalue weighted by atomic mass is 16.5. The lowest BCUT2D eigenvalue weighted by Gasteiger charge is -2.16. The number of hydrogen-bond acceptors (Lipinski definition) is 5. The van der Waals surface area contributed by atoms with Gasteiger partial charge < -0.3 is 14.4 Å². The summed E-state index contributed by atoms with van der Waals surface area (Å²) >= 11 is 0. The van der Waals surface area contributed by atoms with E-state index in [0.717, 1.165) is 22.4 Å². The molecule has 0 unspecified atom stereocenters. The highest BCUT2D eigenvalue weighted by molar-refractivity contribution is 5.36. The van der Waals surface area contributed by atoms with E-state index in [1.165, 1.54) is 0 Å². The molecule has 0 fully saturated rings. The minimum atomic E-state index is -1.11. The van der Waals surface area contributed by atoms with Crippen molar-refractivity contribution < 1.29 is 14.4 Å². The first kappa shape index (κ1) is 14.9. The van der Waals surface area contributed by atoms with Gasteiger partial charge in [-0.2, -0.15) is 4.98 Å². The summed E-state index contributed by atoms with van der Waals surface area (Å²) < 4.78 is 10.6. The van der Waals surface area contributed by atoms with Crippen LogP contribution in [0.15, 0.2) is 53.1 Å². The zero-order valence-corrected chi connectivity index (χ0v) is 13.4. The molecule has 1 heterocycles. The van der Waals surface area contributed by atoms with Crippen LogP contribution in [0.3, 0.4) is 0 Å². The Bertz CT molecular complexity index is 847. The lowest BCUT2D eigenvalue weighted by molar-refractivity contribution is 0.0145. The highest BCUT2D eigenvalue weighted by Crippen LogP contribution is 2.36. The van der Waals surface area contributed by atoms with Crippen molar-refractivity contribution in [2.75, 3.05) is 7.11 Å². The molecule has 0 saturated heterocycles. The van der Waals surface area contributed by atoms with E-state index in [2.05, 4.69) is 10.1 Å². The Morgan fingerprint density at radius 1 is 1.12 bits per heavy atom. The van der Waals surface area contributed by atoms with Gasteiger partial charge in [-0.1, -0.05) is 41.6 Å². The number of fused-ring (bicyclic) bond motifs is 1. The number of hydrogen-bond donors (Lipinski definition) is 1. The Balaban J connectivity index is 1.55. The van der Waals surface area contributed by atoms with Crippen molar-refractivity contribution in [1.29, 1.82) is 0 Å². The Kier molecular flexibility index (Phi) is 3.58. The van der Waals surface area contributed by atoms with E-state index in [0.29, 0.717) is 25.1 Å². The van der Waals surface area contributed by atoms with Crippen LogP contribution in [0.25, 0.3) is 0 Å². The summed E-state index contributed by atoms with van der Waals surface area (Å²) in [7, 11) is 1.64. The second-order valence-corrected chi connectivity index (χ2v) is 6.20. The molecule has 0 amide bonds. The average molecular weight is 322 g/mol. The summed E-state index contributed by atoms with van der Waals surface area (Å²) in [5.41, 5.74) is 2.19. The van der Waals surface area contributed by atoms with Gasteiger partial charge in [0.15, 0.2) is 11.4 Å². The summed E-state index contributed by atoms with van der Waals surface area (Å²) in [6.45, 7) is 0. The second kappa shape index (κ2) is 5.76. The predicted molar refractivity (Wildman–Crippen MR) is 87.8 cm³/mol. The topological polar surface area (TPSA) is 68.4 Å². The summed E-state index contributed by atoms with van der Waals surface area (Å²) in [6.07, 6.45) is 1.54. The molecule has 24 heavy (non-hydrogen) atoms. The molecule has 1 N–H and O–H groups in total. The predicted octanol–water partition coefficient (Wildman–Crippen LogP) is 2.66. The number of aromatic nitrogens is 2. The fourth-order valence-corrected chi connectivity index (χ4v) is 3.23. The van der Waals surface area contributed by atoms with E-state index in [-0.39, 0.29) is 5.89 Å². The summed E-state index contributed by atoms with van der Waals surface area (Å²) in [5.74, 6) is 1.64. The van der Waals surface area contributed by atoms with Crippen molar-refractivity contribution in [3.63, 3.8) is 0 Å². The zero-order chi connectivity index (χ0) is 16.6. The smallest absolute Gasteiger partial charge is 0.259 e. The molecule has 4 rings (SSSR count). The largest absolute Gasteiger partial charge is 0.497 e. The average Bonchev–Trinajstić information content (AvgIpc) is 3.19. The molecular weight excluding hydrogens is 304 g/mol. The van der Waals surface area contributed by atoms with Crippen molar-refractivity contribution in [1.82, 2.24) is 10.1 Å². The number of rotatable bonds is 4. The molecule has 0 bridgehead atoms. The molecule has 0 atom stereocenters. The standard InChI is InChI=1S/C19H18N2O3/c1-23-16-8-4-5-13(9-16)10-17-20-18(24-21-17)19(22)11-14-6-2-3-7-15(14)12-19/h2-9,22H,10-12H2,1H3. The van der Waals surface area contributed by atoms with Crippen LogP contribution >= 0.6 is 0 Å². The molecular formula is C19H18N2O3. The van der Waals surface area contributed by atoms with Gasteiger partial charge in [0, 0.05) is 19.3 Å². The monoisotopic (exact) mass is 322 g/mol. The van der Waals surface area contributed by atoms with Gasteiger partial charge in [0.2, 0.25) is 0 Å². The van der Waals surface area contributed by atoms with Crippen molar-refractivity contribution >= 4 is 0 Å². The molecule has 2 aromatic carbocycles. The van der Waals surface area contributed by atoms with Crippen molar-refractivity contribution in [2.24, 2.45) is 0 Å². The number of aliphatic hydroxyl groups is 1. The van der Waals surface area contributed by atoms with Crippen LogP contribution in [0.2, 0.25) is 0 Å². The minimum Gasteiger partial charge on any atom is -0.497 e. The van der Waals surface area contributed by atoms with Gasteiger partial charge in [0.25, 0.3) is 5.89 Å². The first-order valence-electron chi connectivity index (χ1n) is 7.91. The molecule has 5 heteroatoms. The lowest BCUT2D eigenvalue weighted by Crippen LogP contribution is -2.26. The van der Waals surface area contributed by atoms with E-state index in [1.54, 1.807) is 7.11 Å². The summed E-state index contributed by atoms with van der Waals surface area (Å²) in [6, 6.07) is 15.8. The van der Waals surface area contributed by atoms with Gasteiger partial charge in [-0.3, -0.25) is 0 Å². The summed E-state index contributed by atoms with van der Waals surface area (Å²) in [5, 5.41) is 15.0. The van der Waals surface area contributed by atoms with Crippen LogP contribution < -0.4 is 4.74 Å². The summed E-state index contributed by atoms with van der Waals surface area (Å²) in [4.78, 5) is 4.43. The van der Waals surface area contributed by atoms with E-state index in [4.69, 9.17) is 9.26 Å². The van der Waals surface area contributed by atoms with Gasteiger partial charge in [0.1, 0.15) is 5.75 Å². The van der Waals surface area contributed by atoms with E-state index >= 15 is 0 Å². The van der Waals surface area contributed by atoms with Gasteiger partial charge in [-0.05, 0) is 28.8 Å². The number of methoxy groups -OCH3 is 1. The third-order valence-corrected chi connectivity index (χ3v) is 4.45. The Morgan fingerprint density at radius 2 is 1.88 bits per heavy atom. The second-order valence-electron chi connectivity index (χ2n) is 6.20. The van der Waals surface area contributed by atoms with Crippen LogP contribution in [0, 0.1) is 0 Å². The lowest BCUT2D eigenvalue weighted by atomic mass is 10.0. The maximum atomic E-state index is 10.9. The number of ether oxygens (including phenoxy) is 1. The molecule has 0 radical (unpaired) electrons. The first-order chi connectivity index (χ1) is 11.7. The molecule has 0 aliphatic heterocycles. The quantitative estimate of drug-likeness (QED) is 0.800. The van der Waals surface area contributed by atoms with Crippen molar-refractivity contribution in [3.05, 3.63) is 76.9 Å². The number of benzene rings is 2. The Hall–Kier alpha value is -2.66.